The summed E-state index contributed by atoms with van der Waals surface area (Å²) in [6.45, 7) is 0. The van der Waals surface area contributed by atoms with Crippen LogP contribution < -0.4 is 10.5 Å². The van der Waals surface area contributed by atoms with Crippen LogP contribution in [0.1, 0.15) is 5.56 Å². The van der Waals surface area contributed by atoms with Gasteiger partial charge >= 0.3 is 6.36 Å². The molecule has 0 heterocycles. The Morgan fingerprint density at radius 2 is 1.86 bits per heavy atom. The van der Waals surface area contributed by atoms with Gasteiger partial charge in [0.05, 0.1) is 16.7 Å². The maximum atomic E-state index is 12.4. The normalized spacial score (nSPS) is 11.0. The first-order chi connectivity index (χ1) is 9.81. The Hall–Kier alpha value is -2.39. The first kappa shape index (κ1) is 15.0. The topological polar surface area (TPSA) is 59.0 Å². The highest BCUT2D eigenvalue weighted by Crippen LogP contribution is 2.40. The summed E-state index contributed by atoms with van der Waals surface area (Å²) < 4.78 is 41.3. The zero-order valence-electron chi connectivity index (χ0n) is 10.4. The summed E-state index contributed by atoms with van der Waals surface area (Å²) in [5.74, 6) is -0.437. The number of nitriles is 1. The van der Waals surface area contributed by atoms with Crippen molar-refractivity contribution in [2.24, 2.45) is 0 Å². The lowest BCUT2D eigenvalue weighted by atomic mass is 9.99. The Balaban J connectivity index is 2.66. The van der Waals surface area contributed by atoms with Crippen molar-refractivity contribution in [1.29, 1.82) is 5.26 Å². The number of para-hydroxylation sites is 1. The molecule has 0 unspecified atom stereocenters. The van der Waals surface area contributed by atoms with Gasteiger partial charge in [-0.3, -0.25) is 0 Å². The summed E-state index contributed by atoms with van der Waals surface area (Å²) in [4.78, 5) is 0. The molecule has 0 aliphatic heterocycles. The zero-order chi connectivity index (χ0) is 15.6. The van der Waals surface area contributed by atoms with E-state index in [-0.39, 0.29) is 27.4 Å². The van der Waals surface area contributed by atoms with Crippen molar-refractivity contribution in [3.05, 3.63) is 47.0 Å². The average Bonchev–Trinajstić information content (AvgIpc) is 2.37. The molecule has 108 valence electrons. The van der Waals surface area contributed by atoms with E-state index in [2.05, 4.69) is 4.74 Å². The standard InChI is InChI=1S/C14H8ClF3N2O/c15-11-6-9(20)5-8(7-19)13(11)10-3-1-2-4-12(10)21-14(16,17)18/h1-6H,20H2. The molecule has 0 bridgehead atoms. The molecule has 0 saturated carbocycles. The predicted octanol–water partition coefficient (Wildman–Crippen LogP) is 4.36. The Morgan fingerprint density at radius 1 is 1.19 bits per heavy atom. The van der Waals surface area contributed by atoms with Crippen molar-refractivity contribution in [3.8, 4) is 22.9 Å². The van der Waals surface area contributed by atoms with Crippen molar-refractivity contribution in [1.82, 2.24) is 0 Å². The van der Waals surface area contributed by atoms with Gasteiger partial charge in [-0.05, 0) is 18.2 Å². The van der Waals surface area contributed by atoms with Crippen molar-refractivity contribution in [3.63, 3.8) is 0 Å². The van der Waals surface area contributed by atoms with Crippen LogP contribution in [0, 0.1) is 11.3 Å². The quantitative estimate of drug-likeness (QED) is 0.838. The van der Waals surface area contributed by atoms with Gasteiger partial charge in [-0.15, -0.1) is 13.2 Å². The van der Waals surface area contributed by atoms with Crippen molar-refractivity contribution < 1.29 is 17.9 Å². The van der Waals surface area contributed by atoms with E-state index in [4.69, 9.17) is 22.6 Å². The Morgan fingerprint density at radius 3 is 2.48 bits per heavy atom. The second kappa shape index (κ2) is 5.54. The molecule has 21 heavy (non-hydrogen) atoms. The highest BCUT2D eigenvalue weighted by molar-refractivity contribution is 6.34. The predicted molar refractivity (Wildman–Crippen MR) is 72.7 cm³/mol. The molecule has 2 aromatic rings. The van der Waals surface area contributed by atoms with E-state index < -0.39 is 12.1 Å². The van der Waals surface area contributed by atoms with Gasteiger partial charge in [0.15, 0.2) is 0 Å². The van der Waals surface area contributed by atoms with Gasteiger partial charge < -0.3 is 10.5 Å². The van der Waals surface area contributed by atoms with Crippen LogP contribution in [0.3, 0.4) is 0 Å². The highest BCUT2D eigenvalue weighted by atomic mass is 35.5. The summed E-state index contributed by atoms with van der Waals surface area (Å²) >= 11 is 6.02. The number of nitrogens with two attached hydrogens (primary N) is 1. The fraction of sp³-hybridized carbons (Fsp3) is 0.0714. The van der Waals surface area contributed by atoms with Crippen LogP contribution in [0.25, 0.3) is 11.1 Å². The Labute approximate surface area is 123 Å². The molecule has 0 aliphatic carbocycles. The number of rotatable bonds is 2. The molecule has 0 aromatic heterocycles. The number of hydrogen-bond acceptors (Lipinski definition) is 3. The van der Waals surface area contributed by atoms with Crippen LogP contribution in [0.4, 0.5) is 18.9 Å². The third-order valence-corrected chi connectivity index (χ3v) is 2.91. The van der Waals surface area contributed by atoms with E-state index in [1.165, 1.54) is 30.3 Å². The number of halogens is 4. The minimum atomic E-state index is -4.84. The molecule has 2 rings (SSSR count). The molecule has 0 atom stereocenters. The maximum absolute atomic E-state index is 12.4. The van der Waals surface area contributed by atoms with E-state index in [9.17, 15) is 13.2 Å². The van der Waals surface area contributed by atoms with Gasteiger partial charge in [0.25, 0.3) is 0 Å². The van der Waals surface area contributed by atoms with E-state index in [0.29, 0.717) is 0 Å². The highest BCUT2D eigenvalue weighted by Gasteiger charge is 2.32. The van der Waals surface area contributed by atoms with Gasteiger partial charge in [0.1, 0.15) is 5.75 Å². The van der Waals surface area contributed by atoms with E-state index in [1.807, 2.05) is 6.07 Å². The number of hydrogen-bond donors (Lipinski definition) is 1. The van der Waals surface area contributed by atoms with E-state index in [1.54, 1.807) is 0 Å². The summed E-state index contributed by atoms with van der Waals surface area (Å²) in [6.07, 6.45) is -4.84. The monoisotopic (exact) mass is 312 g/mol. The van der Waals surface area contributed by atoms with Gasteiger partial charge in [-0.25, -0.2) is 0 Å². The summed E-state index contributed by atoms with van der Waals surface area (Å²) in [5, 5.41) is 9.20. The molecule has 2 N–H and O–H groups in total. The van der Waals surface area contributed by atoms with Crippen molar-refractivity contribution in [2.45, 2.75) is 6.36 Å². The second-order valence-corrected chi connectivity index (χ2v) is 4.49. The number of anilines is 1. The number of benzene rings is 2. The summed E-state index contributed by atoms with van der Waals surface area (Å²) in [5.41, 5.74) is 6.10. The van der Waals surface area contributed by atoms with Gasteiger partial charge in [-0.1, -0.05) is 29.8 Å². The van der Waals surface area contributed by atoms with Crippen LogP contribution >= 0.6 is 11.6 Å². The van der Waals surface area contributed by atoms with Crippen molar-refractivity contribution >= 4 is 17.3 Å². The Kier molecular flexibility index (Phi) is 3.96. The van der Waals surface area contributed by atoms with Crippen LogP contribution in [-0.4, -0.2) is 6.36 Å². The first-order valence-corrected chi connectivity index (χ1v) is 6.04. The minimum absolute atomic E-state index is 0.0661. The van der Waals surface area contributed by atoms with Crippen LogP contribution in [0.5, 0.6) is 5.75 Å². The molecule has 0 saturated heterocycles. The molecule has 3 nitrogen and oxygen atoms in total. The number of nitrogens with zero attached hydrogens (tertiary/aromatic N) is 1. The molecule has 0 aliphatic rings. The van der Waals surface area contributed by atoms with E-state index >= 15 is 0 Å². The lowest BCUT2D eigenvalue weighted by molar-refractivity contribution is -0.274. The summed E-state index contributed by atoms with van der Waals surface area (Å²) in [6, 6.07) is 10.0. The average molecular weight is 313 g/mol. The summed E-state index contributed by atoms with van der Waals surface area (Å²) in [7, 11) is 0. The molecule has 7 heteroatoms. The molecular weight excluding hydrogens is 305 g/mol. The molecular formula is C14H8ClF3N2O. The smallest absolute Gasteiger partial charge is 0.405 e. The minimum Gasteiger partial charge on any atom is -0.405 e. The fourth-order valence-electron chi connectivity index (χ4n) is 1.88. The van der Waals surface area contributed by atoms with Gasteiger partial charge in [-0.2, -0.15) is 5.26 Å². The zero-order valence-corrected chi connectivity index (χ0v) is 11.2. The second-order valence-electron chi connectivity index (χ2n) is 4.08. The number of ether oxygens (including phenoxy) is 1. The molecule has 0 radical (unpaired) electrons. The Bertz CT molecular complexity index is 723. The van der Waals surface area contributed by atoms with Crippen LogP contribution in [0.2, 0.25) is 5.02 Å². The van der Waals surface area contributed by atoms with E-state index in [0.717, 1.165) is 6.07 Å². The van der Waals surface area contributed by atoms with Gasteiger partial charge in [0, 0.05) is 16.8 Å². The maximum Gasteiger partial charge on any atom is 0.573 e. The molecule has 0 fully saturated rings. The first-order valence-electron chi connectivity index (χ1n) is 5.66. The van der Waals surface area contributed by atoms with Crippen molar-refractivity contribution in [2.75, 3.05) is 5.73 Å². The molecule has 0 amide bonds. The lowest BCUT2D eigenvalue weighted by Gasteiger charge is -2.15. The lowest BCUT2D eigenvalue weighted by Crippen LogP contribution is -2.17. The number of nitrogen functional groups attached to an aromatic ring is 1. The molecule has 0 spiro atoms. The third-order valence-electron chi connectivity index (χ3n) is 2.62. The van der Waals surface area contributed by atoms with Crippen LogP contribution in [-0.2, 0) is 0 Å². The fourth-order valence-corrected chi connectivity index (χ4v) is 2.21. The third kappa shape index (κ3) is 3.38. The molecule has 2 aromatic carbocycles. The number of alkyl halides is 3. The van der Waals surface area contributed by atoms with Crippen LogP contribution in [0.15, 0.2) is 36.4 Å². The largest absolute Gasteiger partial charge is 0.573 e. The SMILES string of the molecule is N#Cc1cc(N)cc(Cl)c1-c1ccccc1OC(F)(F)F. The van der Waals surface area contributed by atoms with Gasteiger partial charge in [0.2, 0.25) is 0 Å².